The van der Waals surface area contributed by atoms with Gasteiger partial charge in [-0.25, -0.2) is 14.0 Å². The Morgan fingerprint density at radius 2 is 2.17 bits per heavy atom. The molecule has 5 nitrogen and oxygen atoms in total. The number of nitrogens with zero attached hydrogens (tertiary/aromatic N) is 1. The second-order valence-corrected chi connectivity index (χ2v) is 5.62. The van der Waals surface area contributed by atoms with E-state index in [2.05, 4.69) is 5.32 Å². The Morgan fingerprint density at radius 1 is 1.48 bits per heavy atom. The molecule has 1 aromatic carbocycles. The third kappa shape index (κ3) is 3.32. The fraction of sp³-hybridized carbons (Fsp3) is 0.375. The zero-order chi connectivity index (χ0) is 17.1. The van der Waals surface area contributed by atoms with Crippen molar-refractivity contribution >= 4 is 23.6 Å². The van der Waals surface area contributed by atoms with Gasteiger partial charge in [0.1, 0.15) is 5.82 Å². The van der Waals surface area contributed by atoms with Crippen molar-refractivity contribution in [2.45, 2.75) is 26.3 Å². The van der Waals surface area contributed by atoms with Gasteiger partial charge in [0.15, 0.2) is 0 Å². The van der Waals surface area contributed by atoms with Crippen LogP contribution in [-0.4, -0.2) is 30.6 Å². The van der Waals surface area contributed by atoms with E-state index in [0.29, 0.717) is 12.1 Å². The van der Waals surface area contributed by atoms with Crippen LogP contribution in [-0.2, 0) is 9.53 Å². The van der Waals surface area contributed by atoms with Crippen LogP contribution >= 0.6 is 11.6 Å². The van der Waals surface area contributed by atoms with E-state index in [0.717, 1.165) is 0 Å². The minimum absolute atomic E-state index is 0.0541. The van der Waals surface area contributed by atoms with Crippen LogP contribution in [0.2, 0.25) is 5.02 Å². The Hall–Kier alpha value is -2.08. The average molecular weight is 341 g/mol. The van der Waals surface area contributed by atoms with Gasteiger partial charge in [0, 0.05) is 23.3 Å². The second kappa shape index (κ2) is 7.00. The molecule has 0 saturated carbocycles. The molecule has 124 valence electrons. The number of benzene rings is 1. The molecule has 0 saturated heterocycles. The van der Waals surface area contributed by atoms with E-state index < -0.39 is 23.9 Å². The van der Waals surface area contributed by atoms with Crippen LogP contribution in [0.4, 0.5) is 9.18 Å². The SMILES string of the molecule is CCCOC(=O)C1=C(C)N(C)C(=O)N[C@H]1c1c(F)cccc1Cl. The van der Waals surface area contributed by atoms with E-state index >= 15 is 0 Å². The standard InChI is InChI=1S/C16H18ClFN2O3/c1-4-8-23-15(21)12-9(2)20(3)16(22)19-14(12)13-10(17)6-5-7-11(13)18/h5-7,14H,4,8H2,1-3H3,(H,19,22)/t14-/m1/s1. The molecule has 1 aliphatic heterocycles. The Bertz CT molecular complexity index is 655. The highest BCUT2D eigenvalue weighted by Gasteiger charge is 2.37. The maximum Gasteiger partial charge on any atom is 0.338 e. The lowest BCUT2D eigenvalue weighted by molar-refractivity contribution is -0.139. The molecule has 1 atom stereocenters. The molecule has 2 amide bonds. The highest BCUT2D eigenvalue weighted by Crippen LogP contribution is 2.35. The average Bonchev–Trinajstić information content (AvgIpc) is 2.50. The minimum Gasteiger partial charge on any atom is -0.462 e. The summed E-state index contributed by atoms with van der Waals surface area (Å²) in [6.45, 7) is 3.72. The molecule has 0 fully saturated rings. The van der Waals surface area contributed by atoms with Gasteiger partial charge in [-0.2, -0.15) is 0 Å². The van der Waals surface area contributed by atoms with Crippen molar-refractivity contribution < 1.29 is 18.7 Å². The Morgan fingerprint density at radius 3 is 2.78 bits per heavy atom. The van der Waals surface area contributed by atoms with Crippen molar-refractivity contribution in [2.24, 2.45) is 0 Å². The first kappa shape index (κ1) is 17.3. The summed E-state index contributed by atoms with van der Waals surface area (Å²) in [6.07, 6.45) is 0.658. The molecule has 0 unspecified atom stereocenters. The normalized spacial score (nSPS) is 18.0. The van der Waals surface area contributed by atoms with Crippen LogP contribution in [0.25, 0.3) is 0 Å². The quantitative estimate of drug-likeness (QED) is 0.855. The first-order valence-electron chi connectivity index (χ1n) is 7.24. The zero-order valence-corrected chi connectivity index (χ0v) is 13.9. The molecule has 0 aromatic heterocycles. The molecule has 2 rings (SSSR count). The van der Waals surface area contributed by atoms with Gasteiger partial charge < -0.3 is 15.0 Å². The fourth-order valence-corrected chi connectivity index (χ4v) is 2.65. The number of esters is 1. The number of halogens is 2. The lowest BCUT2D eigenvalue weighted by Crippen LogP contribution is -2.46. The van der Waals surface area contributed by atoms with E-state index in [-0.39, 0.29) is 22.8 Å². The van der Waals surface area contributed by atoms with Crippen LogP contribution in [0.3, 0.4) is 0 Å². The first-order chi connectivity index (χ1) is 10.9. The summed E-state index contributed by atoms with van der Waals surface area (Å²) >= 11 is 6.09. The summed E-state index contributed by atoms with van der Waals surface area (Å²) < 4.78 is 19.4. The monoisotopic (exact) mass is 340 g/mol. The van der Waals surface area contributed by atoms with Crippen LogP contribution < -0.4 is 5.32 Å². The topological polar surface area (TPSA) is 58.6 Å². The van der Waals surface area contributed by atoms with Gasteiger partial charge in [-0.3, -0.25) is 0 Å². The van der Waals surface area contributed by atoms with E-state index in [9.17, 15) is 14.0 Å². The molecule has 1 aromatic rings. The predicted octanol–water partition coefficient (Wildman–Crippen LogP) is 3.40. The number of nitrogens with one attached hydrogen (secondary N) is 1. The van der Waals surface area contributed by atoms with E-state index in [1.54, 1.807) is 6.92 Å². The summed E-state index contributed by atoms with van der Waals surface area (Å²) in [4.78, 5) is 25.7. The Balaban J connectivity index is 2.55. The fourth-order valence-electron chi connectivity index (χ4n) is 2.38. The summed E-state index contributed by atoms with van der Waals surface area (Å²) in [5, 5.41) is 2.74. The van der Waals surface area contributed by atoms with Gasteiger partial charge in [-0.1, -0.05) is 24.6 Å². The molecule has 1 heterocycles. The van der Waals surface area contributed by atoms with E-state index in [1.807, 2.05) is 6.92 Å². The van der Waals surface area contributed by atoms with Gasteiger partial charge in [-0.15, -0.1) is 0 Å². The molecule has 0 bridgehead atoms. The highest BCUT2D eigenvalue weighted by molar-refractivity contribution is 6.31. The molecule has 23 heavy (non-hydrogen) atoms. The third-order valence-electron chi connectivity index (χ3n) is 3.70. The number of ether oxygens (including phenoxy) is 1. The lowest BCUT2D eigenvalue weighted by Gasteiger charge is -2.33. The van der Waals surface area contributed by atoms with Crippen LogP contribution in [0.15, 0.2) is 29.5 Å². The maximum atomic E-state index is 14.3. The van der Waals surface area contributed by atoms with E-state index in [4.69, 9.17) is 16.3 Å². The molecule has 1 N–H and O–H groups in total. The van der Waals surface area contributed by atoms with Gasteiger partial charge >= 0.3 is 12.0 Å². The third-order valence-corrected chi connectivity index (χ3v) is 4.03. The molecular formula is C16H18ClFN2O3. The van der Waals surface area contributed by atoms with Crippen molar-refractivity contribution in [3.05, 3.63) is 45.9 Å². The molecule has 0 aliphatic carbocycles. The first-order valence-corrected chi connectivity index (χ1v) is 7.62. The van der Waals surface area contributed by atoms with Gasteiger partial charge in [0.2, 0.25) is 0 Å². The number of carbonyl (C=O) groups is 2. The number of hydrogen-bond donors (Lipinski definition) is 1. The Labute approximate surface area is 139 Å². The molecular weight excluding hydrogens is 323 g/mol. The van der Waals surface area contributed by atoms with E-state index in [1.165, 1.54) is 30.1 Å². The summed E-state index contributed by atoms with van der Waals surface area (Å²) in [5.41, 5.74) is 0.630. The minimum atomic E-state index is -0.989. The van der Waals surface area contributed by atoms with Crippen molar-refractivity contribution in [2.75, 3.05) is 13.7 Å². The smallest absolute Gasteiger partial charge is 0.338 e. The number of hydrogen-bond acceptors (Lipinski definition) is 3. The van der Waals surface area contributed by atoms with Crippen LogP contribution in [0.5, 0.6) is 0 Å². The summed E-state index contributed by atoms with van der Waals surface area (Å²) in [7, 11) is 1.52. The largest absolute Gasteiger partial charge is 0.462 e. The number of amides is 2. The van der Waals surface area contributed by atoms with Gasteiger partial charge in [-0.05, 0) is 25.5 Å². The van der Waals surface area contributed by atoms with Crippen LogP contribution in [0.1, 0.15) is 31.9 Å². The number of carbonyl (C=O) groups excluding carboxylic acids is 2. The molecule has 7 heteroatoms. The summed E-state index contributed by atoms with van der Waals surface area (Å²) in [6, 6.07) is 2.77. The summed E-state index contributed by atoms with van der Waals surface area (Å²) in [5.74, 6) is -1.19. The lowest BCUT2D eigenvalue weighted by atomic mass is 9.94. The van der Waals surface area contributed by atoms with Crippen molar-refractivity contribution in [3.63, 3.8) is 0 Å². The second-order valence-electron chi connectivity index (χ2n) is 5.21. The predicted molar refractivity (Wildman–Crippen MR) is 84.4 cm³/mol. The highest BCUT2D eigenvalue weighted by atomic mass is 35.5. The van der Waals surface area contributed by atoms with Gasteiger partial charge in [0.25, 0.3) is 0 Å². The van der Waals surface area contributed by atoms with Crippen LogP contribution in [0, 0.1) is 5.82 Å². The number of rotatable bonds is 4. The molecule has 0 spiro atoms. The molecule has 0 radical (unpaired) electrons. The van der Waals surface area contributed by atoms with Gasteiger partial charge in [0.05, 0.1) is 18.2 Å². The van der Waals surface area contributed by atoms with Crippen molar-refractivity contribution in [1.82, 2.24) is 10.2 Å². The van der Waals surface area contributed by atoms with Crippen molar-refractivity contribution in [3.8, 4) is 0 Å². The van der Waals surface area contributed by atoms with Crippen molar-refractivity contribution in [1.29, 1.82) is 0 Å². The molecule has 1 aliphatic rings. The maximum absolute atomic E-state index is 14.3. The number of urea groups is 1. The zero-order valence-electron chi connectivity index (χ0n) is 13.2. The number of allylic oxidation sites excluding steroid dienone is 1. The Kier molecular flexibility index (Phi) is 5.26.